The van der Waals surface area contributed by atoms with Gasteiger partial charge in [0.05, 0.1) is 0 Å². The molecular weight excluding hydrogens is 298 g/mol. The van der Waals surface area contributed by atoms with Gasteiger partial charge >= 0.3 is 0 Å². The molecule has 0 aromatic heterocycles. The largest absolute Gasteiger partial charge is 0.310 e. The second-order valence-corrected chi connectivity index (χ2v) is 6.02. The van der Waals surface area contributed by atoms with E-state index in [1.165, 1.54) is 16.7 Å². The first-order valence-electron chi connectivity index (χ1n) is 6.67. The van der Waals surface area contributed by atoms with Gasteiger partial charge in [0, 0.05) is 17.1 Å². The number of hydrogen-bond donors (Lipinski definition) is 1. The molecule has 2 rings (SSSR count). The van der Waals surface area contributed by atoms with E-state index in [-0.39, 0.29) is 0 Å². The van der Waals surface area contributed by atoms with Crippen LogP contribution in [-0.4, -0.2) is 6.04 Å². The molecule has 0 aliphatic heterocycles. The SMILES string of the molecule is Cc1cccc(CNC(C)Cc2ccc(Br)cc2)c1. The standard InChI is InChI=1S/C17H20BrN/c1-13-4-3-5-16(10-13)12-19-14(2)11-15-6-8-17(18)9-7-15/h3-10,14,19H,11-12H2,1-2H3. The molecule has 0 heterocycles. The van der Waals surface area contributed by atoms with Crippen molar-refractivity contribution < 1.29 is 0 Å². The topological polar surface area (TPSA) is 12.0 Å². The molecule has 0 spiro atoms. The van der Waals surface area contributed by atoms with Gasteiger partial charge in [0.1, 0.15) is 0 Å². The molecule has 0 aliphatic carbocycles. The zero-order valence-corrected chi connectivity index (χ0v) is 13.1. The number of benzene rings is 2. The molecule has 0 fully saturated rings. The summed E-state index contributed by atoms with van der Waals surface area (Å²) in [5.74, 6) is 0. The van der Waals surface area contributed by atoms with Crippen LogP contribution in [0.4, 0.5) is 0 Å². The predicted molar refractivity (Wildman–Crippen MR) is 85.3 cm³/mol. The van der Waals surface area contributed by atoms with E-state index in [9.17, 15) is 0 Å². The van der Waals surface area contributed by atoms with E-state index in [1.54, 1.807) is 0 Å². The molecule has 1 nitrogen and oxygen atoms in total. The Bertz CT molecular complexity index is 519. The molecule has 1 unspecified atom stereocenters. The summed E-state index contributed by atoms with van der Waals surface area (Å²) < 4.78 is 1.14. The maximum atomic E-state index is 3.58. The fourth-order valence-electron chi connectivity index (χ4n) is 2.16. The van der Waals surface area contributed by atoms with E-state index in [1.807, 2.05) is 0 Å². The Morgan fingerprint density at radius 3 is 2.47 bits per heavy atom. The van der Waals surface area contributed by atoms with Crippen molar-refractivity contribution in [3.05, 3.63) is 69.7 Å². The highest BCUT2D eigenvalue weighted by atomic mass is 79.9. The van der Waals surface area contributed by atoms with E-state index in [0.29, 0.717) is 6.04 Å². The lowest BCUT2D eigenvalue weighted by atomic mass is 10.1. The first-order valence-corrected chi connectivity index (χ1v) is 7.46. The fourth-order valence-corrected chi connectivity index (χ4v) is 2.42. The van der Waals surface area contributed by atoms with E-state index < -0.39 is 0 Å². The number of aryl methyl sites for hydroxylation is 1. The summed E-state index contributed by atoms with van der Waals surface area (Å²) in [5.41, 5.74) is 4.04. The Labute approximate surface area is 124 Å². The third kappa shape index (κ3) is 4.81. The van der Waals surface area contributed by atoms with E-state index in [4.69, 9.17) is 0 Å². The summed E-state index contributed by atoms with van der Waals surface area (Å²) in [7, 11) is 0. The Balaban J connectivity index is 1.84. The molecule has 0 amide bonds. The minimum atomic E-state index is 0.474. The Morgan fingerprint density at radius 2 is 1.79 bits per heavy atom. The van der Waals surface area contributed by atoms with Gasteiger partial charge < -0.3 is 5.32 Å². The van der Waals surface area contributed by atoms with Crippen molar-refractivity contribution in [3.8, 4) is 0 Å². The van der Waals surface area contributed by atoms with Crippen LogP contribution in [0.3, 0.4) is 0 Å². The van der Waals surface area contributed by atoms with Crippen LogP contribution in [-0.2, 0) is 13.0 Å². The van der Waals surface area contributed by atoms with Crippen molar-refractivity contribution in [3.63, 3.8) is 0 Å². The van der Waals surface area contributed by atoms with Crippen LogP contribution in [0, 0.1) is 6.92 Å². The number of hydrogen-bond acceptors (Lipinski definition) is 1. The summed E-state index contributed by atoms with van der Waals surface area (Å²) in [5, 5.41) is 3.58. The monoisotopic (exact) mass is 317 g/mol. The van der Waals surface area contributed by atoms with Gasteiger partial charge in [-0.05, 0) is 43.5 Å². The van der Waals surface area contributed by atoms with Gasteiger partial charge in [0.2, 0.25) is 0 Å². The summed E-state index contributed by atoms with van der Waals surface area (Å²) in [6.07, 6.45) is 1.05. The molecule has 0 saturated heterocycles. The van der Waals surface area contributed by atoms with E-state index in [2.05, 4.69) is 83.6 Å². The minimum Gasteiger partial charge on any atom is -0.310 e. The van der Waals surface area contributed by atoms with E-state index in [0.717, 1.165) is 17.4 Å². The highest BCUT2D eigenvalue weighted by Gasteiger charge is 2.03. The molecule has 100 valence electrons. The smallest absolute Gasteiger partial charge is 0.0208 e. The van der Waals surface area contributed by atoms with Crippen LogP contribution >= 0.6 is 15.9 Å². The molecule has 0 bridgehead atoms. The first-order chi connectivity index (χ1) is 9.13. The first kappa shape index (κ1) is 14.3. The highest BCUT2D eigenvalue weighted by molar-refractivity contribution is 9.10. The lowest BCUT2D eigenvalue weighted by Crippen LogP contribution is -2.27. The third-order valence-corrected chi connectivity index (χ3v) is 3.72. The Morgan fingerprint density at radius 1 is 1.05 bits per heavy atom. The number of nitrogens with one attached hydrogen (secondary N) is 1. The van der Waals surface area contributed by atoms with Crippen LogP contribution in [0.25, 0.3) is 0 Å². The van der Waals surface area contributed by atoms with Gasteiger partial charge in [-0.25, -0.2) is 0 Å². The van der Waals surface area contributed by atoms with Crippen LogP contribution < -0.4 is 5.32 Å². The van der Waals surface area contributed by atoms with Gasteiger partial charge in [0.15, 0.2) is 0 Å². The molecule has 2 aromatic rings. The molecule has 0 saturated carbocycles. The van der Waals surface area contributed by atoms with Crippen molar-refractivity contribution >= 4 is 15.9 Å². The predicted octanol–water partition coefficient (Wildman–Crippen LogP) is 4.48. The molecule has 2 heteroatoms. The summed E-state index contributed by atoms with van der Waals surface area (Å²) in [6, 6.07) is 17.7. The highest BCUT2D eigenvalue weighted by Crippen LogP contribution is 2.12. The molecule has 19 heavy (non-hydrogen) atoms. The third-order valence-electron chi connectivity index (χ3n) is 3.19. The average molecular weight is 318 g/mol. The zero-order chi connectivity index (χ0) is 13.7. The van der Waals surface area contributed by atoms with Gasteiger partial charge in [-0.2, -0.15) is 0 Å². The van der Waals surface area contributed by atoms with Crippen molar-refractivity contribution in [1.29, 1.82) is 0 Å². The van der Waals surface area contributed by atoms with Gasteiger partial charge in [-0.1, -0.05) is 57.9 Å². The molecule has 0 aliphatic rings. The summed E-state index contributed by atoms with van der Waals surface area (Å²) in [4.78, 5) is 0. The van der Waals surface area contributed by atoms with Crippen LogP contribution in [0.5, 0.6) is 0 Å². The maximum absolute atomic E-state index is 3.58. The molecule has 0 radical (unpaired) electrons. The number of rotatable bonds is 5. The Kier molecular flexibility index (Phi) is 5.17. The summed E-state index contributed by atoms with van der Waals surface area (Å²) in [6.45, 7) is 5.30. The van der Waals surface area contributed by atoms with Crippen molar-refractivity contribution in [2.75, 3.05) is 0 Å². The van der Waals surface area contributed by atoms with Crippen molar-refractivity contribution in [2.24, 2.45) is 0 Å². The quantitative estimate of drug-likeness (QED) is 0.857. The van der Waals surface area contributed by atoms with Gasteiger partial charge in [0.25, 0.3) is 0 Å². The van der Waals surface area contributed by atoms with E-state index >= 15 is 0 Å². The van der Waals surface area contributed by atoms with Gasteiger partial charge in [-0.3, -0.25) is 0 Å². The fraction of sp³-hybridized carbons (Fsp3) is 0.294. The maximum Gasteiger partial charge on any atom is 0.0208 e. The molecular formula is C17H20BrN. The summed E-state index contributed by atoms with van der Waals surface area (Å²) >= 11 is 3.46. The van der Waals surface area contributed by atoms with Gasteiger partial charge in [-0.15, -0.1) is 0 Å². The normalized spacial score (nSPS) is 12.4. The minimum absolute atomic E-state index is 0.474. The lowest BCUT2D eigenvalue weighted by Gasteiger charge is -2.14. The van der Waals surface area contributed by atoms with Crippen molar-refractivity contribution in [2.45, 2.75) is 32.9 Å². The van der Waals surface area contributed by atoms with Crippen LogP contribution in [0.15, 0.2) is 53.0 Å². The second kappa shape index (κ2) is 6.88. The average Bonchev–Trinajstić information content (AvgIpc) is 2.39. The van der Waals surface area contributed by atoms with Crippen LogP contribution in [0.1, 0.15) is 23.6 Å². The van der Waals surface area contributed by atoms with Crippen LogP contribution in [0.2, 0.25) is 0 Å². The Hall–Kier alpha value is -1.12. The zero-order valence-electron chi connectivity index (χ0n) is 11.5. The second-order valence-electron chi connectivity index (χ2n) is 5.10. The lowest BCUT2D eigenvalue weighted by molar-refractivity contribution is 0.545. The molecule has 2 aromatic carbocycles. The number of halogens is 1. The molecule has 1 atom stereocenters. The molecule has 1 N–H and O–H groups in total. The van der Waals surface area contributed by atoms with Crippen molar-refractivity contribution in [1.82, 2.24) is 5.32 Å².